The van der Waals surface area contributed by atoms with Crippen LogP contribution >= 0.6 is 11.3 Å². The number of carbonyl (C=O) groups excluding carboxylic acids is 1. The van der Waals surface area contributed by atoms with Crippen molar-refractivity contribution in [2.24, 2.45) is 5.92 Å². The van der Waals surface area contributed by atoms with Crippen LogP contribution in [0.5, 0.6) is 0 Å². The lowest BCUT2D eigenvalue weighted by Gasteiger charge is -2.17. The molecule has 1 aliphatic heterocycles. The molecule has 1 saturated heterocycles. The molecule has 0 bridgehead atoms. The molecule has 0 spiro atoms. The van der Waals surface area contributed by atoms with Gasteiger partial charge in [-0.25, -0.2) is 14.8 Å². The number of halogens is 1. The standard InChI is InChI=1S/C20H19FN4OS/c21-17-9-5-4-8-14(17)10-15-11-22-20(27-15)24-19(26)16-12-23-25-18(16)13-6-2-1-3-7-13/h1-9,11,16,18,23,25H,10,12H2,(H,22,24,26). The van der Waals surface area contributed by atoms with E-state index < -0.39 is 0 Å². The smallest absolute Gasteiger partial charge is 0.232 e. The molecule has 27 heavy (non-hydrogen) atoms. The number of carbonyl (C=O) groups is 1. The summed E-state index contributed by atoms with van der Waals surface area (Å²) in [5, 5.41) is 3.43. The van der Waals surface area contributed by atoms with Crippen molar-refractivity contribution in [3.63, 3.8) is 0 Å². The maximum absolute atomic E-state index is 13.8. The second-order valence-electron chi connectivity index (χ2n) is 6.41. The van der Waals surface area contributed by atoms with Gasteiger partial charge in [-0.05, 0) is 17.2 Å². The molecule has 2 atom stereocenters. The minimum Gasteiger partial charge on any atom is -0.302 e. The largest absolute Gasteiger partial charge is 0.302 e. The van der Waals surface area contributed by atoms with E-state index in [-0.39, 0.29) is 23.7 Å². The number of hydrazine groups is 1. The predicted molar refractivity (Wildman–Crippen MR) is 104 cm³/mol. The van der Waals surface area contributed by atoms with Gasteiger partial charge >= 0.3 is 0 Å². The van der Waals surface area contributed by atoms with Crippen LogP contribution in [0.3, 0.4) is 0 Å². The van der Waals surface area contributed by atoms with Gasteiger partial charge in [0.25, 0.3) is 0 Å². The molecule has 1 aliphatic rings. The van der Waals surface area contributed by atoms with Gasteiger partial charge in [0.15, 0.2) is 5.13 Å². The molecule has 1 amide bonds. The van der Waals surface area contributed by atoms with Gasteiger partial charge in [-0.3, -0.25) is 10.2 Å². The Kier molecular flexibility index (Phi) is 5.24. The molecule has 138 valence electrons. The van der Waals surface area contributed by atoms with Crippen LogP contribution in [0.15, 0.2) is 60.8 Å². The normalized spacial score (nSPS) is 19.1. The zero-order chi connectivity index (χ0) is 18.6. The number of anilines is 1. The number of benzene rings is 2. The van der Waals surface area contributed by atoms with Gasteiger partial charge in [0.1, 0.15) is 5.82 Å². The Morgan fingerprint density at radius 1 is 1.19 bits per heavy atom. The summed E-state index contributed by atoms with van der Waals surface area (Å²) in [7, 11) is 0. The number of rotatable bonds is 5. The van der Waals surface area contributed by atoms with Crippen LogP contribution in [-0.2, 0) is 11.2 Å². The van der Waals surface area contributed by atoms with Crippen molar-refractivity contribution in [2.75, 3.05) is 11.9 Å². The van der Waals surface area contributed by atoms with Crippen LogP contribution < -0.4 is 16.2 Å². The molecule has 7 heteroatoms. The van der Waals surface area contributed by atoms with Gasteiger partial charge in [-0.15, -0.1) is 11.3 Å². The van der Waals surface area contributed by atoms with Crippen molar-refractivity contribution >= 4 is 22.4 Å². The van der Waals surface area contributed by atoms with E-state index in [2.05, 4.69) is 21.2 Å². The predicted octanol–water partition coefficient (Wildman–Crippen LogP) is 3.28. The van der Waals surface area contributed by atoms with Gasteiger partial charge in [-0.1, -0.05) is 48.5 Å². The molecule has 0 aliphatic carbocycles. The van der Waals surface area contributed by atoms with Crippen molar-refractivity contribution in [1.29, 1.82) is 0 Å². The van der Waals surface area contributed by atoms with Crippen molar-refractivity contribution in [2.45, 2.75) is 12.5 Å². The molecular weight excluding hydrogens is 363 g/mol. The highest BCUT2D eigenvalue weighted by Crippen LogP contribution is 2.27. The second-order valence-corrected chi connectivity index (χ2v) is 7.52. The number of hydrogen-bond acceptors (Lipinski definition) is 5. The Hall–Kier alpha value is -2.61. The second kappa shape index (κ2) is 7.96. The average molecular weight is 382 g/mol. The van der Waals surface area contributed by atoms with Crippen LogP contribution in [0, 0.1) is 11.7 Å². The molecule has 2 unspecified atom stereocenters. The molecule has 0 saturated carbocycles. The highest BCUT2D eigenvalue weighted by atomic mass is 32.1. The number of nitrogens with one attached hydrogen (secondary N) is 3. The summed E-state index contributed by atoms with van der Waals surface area (Å²) in [6.45, 7) is 0.541. The number of hydrogen-bond donors (Lipinski definition) is 3. The summed E-state index contributed by atoms with van der Waals surface area (Å²) in [6.07, 6.45) is 2.14. The number of thiazole rings is 1. The Morgan fingerprint density at radius 3 is 2.78 bits per heavy atom. The van der Waals surface area contributed by atoms with E-state index in [1.807, 2.05) is 36.4 Å². The minimum atomic E-state index is -0.244. The third-order valence-corrected chi connectivity index (χ3v) is 5.50. The highest BCUT2D eigenvalue weighted by molar-refractivity contribution is 7.15. The van der Waals surface area contributed by atoms with Gasteiger partial charge in [0.2, 0.25) is 5.91 Å². The molecule has 1 fully saturated rings. The van der Waals surface area contributed by atoms with Gasteiger partial charge < -0.3 is 5.32 Å². The van der Waals surface area contributed by atoms with Crippen LogP contribution in [0.2, 0.25) is 0 Å². The molecule has 3 aromatic rings. The van der Waals surface area contributed by atoms with Crippen molar-refractivity contribution in [3.8, 4) is 0 Å². The molecule has 2 heterocycles. The van der Waals surface area contributed by atoms with E-state index >= 15 is 0 Å². The zero-order valence-electron chi connectivity index (χ0n) is 14.5. The quantitative estimate of drug-likeness (QED) is 0.634. The number of amides is 1. The van der Waals surface area contributed by atoms with Crippen molar-refractivity contribution in [1.82, 2.24) is 15.8 Å². The lowest BCUT2D eigenvalue weighted by Crippen LogP contribution is -2.29. The first-order valence-corrected chi connectivity index (χ1v) is 9.54. The number of aromatic nitrogens is 1. The third-order valence-electron chi connectivity index (χ3n) is 4.58. The first-order chi connectivity index (χ1) is 13.2. The summed E-state index contributed by atoms with van der Waals surface area (Å²) >= 11 is 1.37. The first-order valence-electron chi connectivity index (χ1n) is 8.73. The summed E-state index contributed by atoms with van der Waals surface area (Å²) in [5.41, 5.74) is 7.90. The highest BCUT2D eigenvalue weighted by Gasteiger charge is 2.34. The van der Waals surface area contributed by atoms with Crippen molar-refractivity contribution in [3.05, 3.63) is 82.6 Å². The first kappa shape index (κ1) is 17.8. The molecular formula is C20H19FN4OS. The molecule has 5 nitrogen and oxygen atoms in total. The molecule has 0 radical (unpaired) electrons. The molecule has 4 rings (SSSR count). The maximum Gasteiger partial charge on any atom is 0.232 e. The average Bonchev–Trinajstić information content (AvgIpc) is 3.34. The molecule has 2 aromatic carbocycles. The Bertz CT molecular complexity index is 930. The maximum atomic E-state index is 13.8. The molecule has 3 N–H and O–H groups in total. The summed E-state index contributed by atoms with van der Waals surface area (Å²) in [5.74, 6) is -0.565. The Labute approximate surface area is 160 Å². The lowest BCUT2D eigenvalue weighted by atomic mass is 9.94. The lowest BCUT2D eigenvalue weighted by molar-refractivity contribution is -0.119. The topological polar surface area (TPSA) is 66.0 Å². The van der Waals surface area contributed by atoms with E-state index in [0.29, 0.717) is 23.7 Å². The number of nitrogens with zero attached hydrogens (tertiary/aromatic N) is 1. The van der Waals surface area contributed by atoms with Crippen LogP contribution in [0.1, 0.15) is 22.0 Å². The minimum absolute atomic E-state index is 0.0897. The summed E-state index contributed by atoms with van der Waals surface area (Å²) in [6, 6.07) is 16.5. The van der Waals surface area contributed by atoms with E-state index in [9.17, 15) is 9.18 Å². The fourth-order valence-corrected chi connectivity index (χ4v) is 4.03. The van der Waals surface area contributed by atoms with Gasteiger partial charge in [0.05, 0.1) is 12.0 Å². The van der Waals surface area contributed by atoms with Crippen LogP contribution in [0.4, 0.5) is 9.52 Å². The van der Waals surface area contributed by atoms with Gasteiger partial charge in [-0.2, -0.15) is 0 Å². The molecule has 1 aromatic heterocycles. The monoisotopic (exact) mass is 382 g/mol. The SMILES string of the molecule is O=C(Nc1ncc(Cc2ccccc2F)s1)C1CNNC1c1ccccc1. The van der Waals surface area contributed by atoms with Crippen LogP contribution in [0.25, 0.3) is 0 Å². The van der Waals surface area contributed by atoms with E-state index in [1.54, 1.807) is 18.3 Å². The van der Waals surface area contributed by atoms with Gasteiger partial charge in [0, 0.05) is 24.0 Å². The summed E-state index contributed by atoms with van der Waals surface area (Å²) in [4.78, 5) is 17.9. The van der Waals surface area contributed by atoms with E-state index in [4.69, 9.17) is 0 Å². The summed E-state index contributed by atoms with van der Waals surface area (Å²) < 4.78 is 13.8. The zero-order valence-corrected chi connectivity index (χ0v) is 15.3. The van der Waals surface area contributed by atoms with E-state index in [1.165, 1.54) is 17.4 Å². The Morgan fingerprint density at radius 2 is 1.96 bits per heavy atom. The van der Waals surface area contributed by atoms with Crippen LogP contribution in [-0.4, -0.2) is 17.4 Å². The van der Waals surface area contributed by atoms with E-state index in [0.717, 1.165) is 10.4 Å². The Balaban J connectivity index is 1.43. The fourth-order valence-electron chi connectivity index (χ4n) is 3.19. The third kappa shape index (κ3) is 4.05. The van der Waals surface area contributed by atoms with Crippen molar-refractivity contribution < 1.29 is 9.18 Å². The fraction of sp³-hybridized carbons (Fsp3) is 0.200.